The van der Waals surface area contributed by atoms with Crippen LogP contribution >= 0.6 is 0 Å². The topological polar surface area (TPSA) is 70.7 Å². The van der Waals surface area contributed by atoms with Gasteiger partial charge in [0.15, 0.2) is 11.5 Å². The quantitative estimate of drug-likeness (QED) is 0.777. The van der Waals surface area contributed by atoms with Gasteiger partial charge in [-0.25, -0.2) is 4.79 Å². The largest absolute Gasteiger partial charge is 0.508 e. The summed E-state index contributed by atoms with van der Waals surface area (Å²) >= 11 is 0. The van der Waals surface area contributed by atoms with E-state index >= 15 is 0 Å². The molecule has 0 aliphatic rings. The van der Waals surface area contributed by atoms with Gasteiger partial charge in [0.2, 0.25) is 0 Å². The number of hydrogen-bond acceptors (Lipinski definition) is 4. The summed E-state index contributed by atoms with van der Waals surface area (Å²) in [6.45, 7) is 0. The summed E-state index contributed by atoms with van der Waals surface area (Å²) in [6.07, 6.45) is 1.44. The maximum atomic E-state index is 11.0. The molecular formula is C13H10O4. The highest BCUT2D eigenvalue weighted by molar-refractivity contribution is 5.74. The molecule has 0 bridgehead atoms. The van der Waals surface area contributed by atoms with E-state index in [0.29, 0.717) is 0 Å². The van der Waals surface area contributed by atoms with Crippen LogP contribution in [0.4, 0.5) is 0 Å². The van der Waals surface area contributed by atoms with E-state index in [9.17, 15) is 15.0 Å². The number of hydrogen-bond donors (Lipinski definition) is 2. The van der Waals surface area contributed by atoms with E-state index in [1.165, 1.54) is 12.1 Å². The molecule has 0 saturated carbocycles. The summed E-state index contributed by atoms with van der Waals surface area (Å²) in [5.41, 5.74) is 0.0454. The van der Waals surface area contributed by atoms with Crippen molar-refractivity contribution < 1.29 is 14.6 Å². The van der Waals surface area contributed by atoms with Gasteiger partial charge in [-0.3, -0.25) is 0 Å². The third kappa shape index (κ3) is 2.75. The van der Waals surface area contributed by atoms with E-state index in [4.69, 9.17) is 4.42 Å². The van der Waals surface area contributed by atoms with E-state index < -0.39 is 5.63 Å². The molecule has 0 spiro atoms. The first-order chi connectivity index (χ1) is 8.15. The molecule has 1 heterocycles. The van der Waals surface area contributed by atoms with Crippen LogP contribution < -0.4 is 5.63 Å². The van der Waals surface area contributed by atoms with Gasteiger partial charge in [-0.15, -0.1) is 0 Å². The highest BCUT2D eigenvalue weighted by atomic mass is 16.4. The van der Waals surface area contributed by atoms with Crippen LogP contribution in [0.5, 0.6) is 5.75 Å². The lowest BCUT2D eigenvalue weighted by Gasteiger charge is -1.99. The fourth-order valence-electron chi connectivity index (χ4n) is 1.37. The van der Waals surface area contributed by atoms with Crippen molar-refractivity contribution in [1.82, 2.24) is 0 Å². The van der Waals surface area contributed by atoms with Crippen LogP contribution in [0.25, 0.3) is 11.8 Å². The first kappa shape index (κ1) is 11.0. The smallest absolute Gasteiger partial charge is 0.340 e. The molecule has 0 amide bonds. The average Bonchev–Trinajstić information content (AvgIpc) is 2.29. The van der Waals surface area contributed by atoms with Gasteiger partial charge in [0, 0.05) is 6.07 Å². The van der Waals surface area contributed by atoms with Crippen molar-refractivity contribution in [3.05, 3.63) is 64.2 Å². The van der Waals surface area contributed by atoms with Crippen molar-refractivity contribution in [2.75, 3.05) is 0 Å². The zero-order valence-electron chi connectivity index (χ0n) is 8.83. The first-order valence-corrected chi connectivity index (χ1v) is 4.95. The fourth-order valence-corrected chi connectivity index (χ4v) is 1.37. The molecule has 0 fully saturated rings. The summed E-state index contributed by atoms with van der Waals surface area (Å²) in [5.74, 6) is -0.535. The molecule has 2 N–H and O–H groups in total. The minimum atomic E-state index is -0.715. The summed E-state index contributed by atoms with van der Waals surface area (Å²) in [7, 11) is 0. The van der Waals surface area contributed by atoms with Gasteiger partial charge < -0.3 is 14.6 Å². The van der Waals surface area contributed by atoms with E-state index in [-0.39, 0.29) is 17.3 Å². The highest BCUT2D eigenvalue weighted by Crippen LogP contribution is 2.17. The Bertz CT molecular complexity index is 596. The summed E-state index contributed by atoms with van der Waals surface area (Å²) in [5, 5.41) is 19.0. The van der Waals surface area contributed by atoms with Gasteiger partial charge in [-0.1, -0.05) is 30.3 Å². The van der Waals surface area contributed by atoms with E-state index in [1.54, 1.807) is 12.1 Å². The maximum absolute atomic E-state index is 11.0. The van der Waals surface area contributed by atoms with E-state index in [2.05, 4.69) is 0 Å². The molecule has 1 aromatic heterocycles. The van der Waals surface area contributed by atoms with Crippen molar-refractivity contribution in [1.29, 1.82) is 0 Å². The van der Waals surface area contributed by atoms with Crippen LogP contribution in [0.1, 0.15) is 11.3 Å². The first-order valence-electron chi connectivity index (χ1n) is 4.95. The number of aliphatic hydroxyl groups is 1. The molecule has 17 heavy (non-hydrogen) atoms. The van der Waals surface area contributed by atoms with E-state index in [1.807, 2.05) is 18.2 Å². The van der Waals surface area contributed by atoms with Crippen molar-refractivity contribution >= 4 is 11.8 Å². The molecule has 4 heteroatoms. The molecule has 0 radical (unpaired) electrons. The van der Waals surface area contributed by atoms with Crippen LogP contribution in [0.15, 0.2) is 51.7 Å². The SMILES string of the molecule is O=c1cc(O)cc(C(O)=Cc2ccccc2)o1. The molecule has 0 aliphatic carbocycles. The molecule has 2 aromatic rings. The lowest BCUT2D eigenvalue weighted by molar-refractivity contribution is 0.416. The van der Waals surface area contributed by atoms with Crippen LogP contribution in [0.3, 0.4) is 0 Å². The Hall–Kier alpha value is -2.49. The molecule has 0 unspecified atom stereocenters. The Morgan fingerprint density at radius 3 is 2.53 bits per heavy atom. The Morgan fingerprint density at radius 1 is 1.18 bits per heavy atom. The minimum absolute atomic E-state index is 0.0705. The van der Waals surface area contributed by atoms with Crippen molar-refractivity contribution in [3.63, 3.8) is 0 Å². The monoisotopic (exact) mass is 230 g/mol. The van der Waals surface area contributed by atoms with Crippen LogP contribution in [-0.4, -0.2) is 10.2 Å². The molecule has 0 saturated heterocycles. The lowest BCUT2D eigenvalue weighted by Crippen LogP contribution is -1.98. The molecule has 2 rings (SSSR count). The second-order valence-electron chi connectivity index (χ2n) is 3.44. The standard InChI is InChI=1S/C13H10O4/c14-10-7-12(17-13(16)8-10)11(15)6-9-4-2-1-3-5-9/h1-8,14-15H. The Kier molecular flexibility index (Phi) is 2.96. The number of aliphatic hydroxyl groups excluding tert-OH is 1. The van der Waals surface area contributed by atoms with Gasteiger partial charge in [-0.2, -0.15) is 0 Å². The third-order valence-corrected chi connectivity index (χ3v) is 2.11. The third-order valence-electron chi connectivity index (χ3n) is 2.11. The highest BCUT2D eigenvalue weighted by Gasteiger charge is 2.05. The zero-order valence-corrected chi connectivity index (χ0v) is 8.83. The summed E-state index contributed by atoms with van der Waals surface area (Å²) in [4.78, 5) is 11.0. The molecule has 0 aliphatic heterocycles. The zero-order chi connectivity index (χ0) is 12.3. The van der Waals surface area contributed by atoms with E-state index in [0.717, 1.165) is 11.6 Å². The number of benzene rings is 1. The lowest BCUT2D eigenvalue weighted by atomic mass is 10.2. The molecule has 1 aromatic carbocycles. The molecular weight excluding hydrogens is 220 g/mol. The molecule has 4 nitrogen and oxygen atoms in total. The predicted octanol–water partition coefficient (Wildman–Crippen LogP) is 2.40. The van der Waals surface area contributed by atoms with Crippen LogP contribution in [0.2, 0.25) is 0 Å². The van der Waals surface area contributed by atoms with Crippen LogP contribution in [0, 0.1) is 0 Å². The second kappa shape index (κ2) is 4.57. The van der Waals surface area contributed by atoms with Gasteiger partial charge in [0.25, 0.3) is 0 Å². The Balaban J connectivity index is 2.40. The Labute approximate surface area is 97.1 Å². The van der Waals surface area contributed by atoms with Gasteiger partial charge in [0.05, 0.1) is 6.07 Å². The molecule has 0 atom stereocenters. The predicted molar refractivity (Wildman–Crippen MR) is 63.6 cm³/mol. The van der Waals surface area contributed by atoms with Crippen LogP contribution in [-0.2, 0) is 0 Å². The van der Waals surface area contributed by atoms with Gasteiger partial charge >= 0.3 is 5.63 Å². The molecule has 86 valence electrons. The number of aromatic hydroxyl groups is 1. The Morgan fingerprint density at radius 2 is 1.88 bits per heavy atom. The number of rotatable bonds is 2. The maximum Gasteiger partial charge on any atom is 0.340 e. The van der Waals surface area contributed by atoms with Crippen molar-refractivity contribution in [2.45, 2.75) is 0 Å². The summed E-state index contributed by atoms with van der Waals surface area (Å²) in [6, 6.07) is 11.2. The van der Waals surface area contributed by atoms with Gasteiger partial charge in [-0.05, 0) is 11.6 Å². The normalized spacial score (nSPS) is 11.4. The average molecular weight is 230 g/mol. The van der Waals surface area contributed by atoms with Crippen molar-refractivity contribution in [2.24, 2.45) is 0 Å². The van der Waals surface area contributed by atoms with Gasteiger partial charge in [0.1, 0.15) is 5.75 Å². The summed E-state index contributed by atoms with van der Waals surface area (Å²) < 4.78 is 4.76. The minimum Gasteiger partial charge on any atom is -0.508 e. The van der Waals surface area contributed by atoms with Crippen molar-refractivity contribution in [3.8, 4) is 5.75 Å². The fraction of sp³-hybridized carbons (Fsp3) is 0. The second-order valence-corrected chi connectivity index (χ2v) is 3.44.